The average Bonchev–Trinajstić information content (AvgIpc) is 2.62. The summed E-state index contributed by atoms with van der Waals surface area (Å²) in [5.41, 5.74) is 3.40. The largest absolute Gasteiger partial charge is 0.493 e. The number of hydrogen-bond donors (Lipinski definition) is 1. The maximum absolute atomic E-state index is 12.4. The van der Waals surface area contributed by atoms with Crippen LogP contribution in [-0.2, 0) is 6.42 Å². The first-order valence-corrected chi connectivity index (χ1v) is 8.16. The van der Waals surface area contributed by atoms with Crippen LogP contribution in [-0.4, -0.2) is 26.0 Å². The van der Waals surface area contributed by atoms with Gasteiger partial charge in [0.15, 0.2) is 11.5 Å². The van der Waals surface area contributed by atoms with Crippen molar-refractivity contribution in [3.8, 4) is 11.5 Å². The maximum atomic E-state index is 12.4. The van der Waals surface area contributed by atoms with E-state index in [2.05, 4.69) is 17.2 Å². The second-order valence-corrected chi connectivity index (χ2v) is 5.70. The zero-order valence-corrected chi connectivity index (χ0v) is 15.3. The molecule has 1 amide bonds. The quantitative estimate of drug-likeness (QED) is 0.660. The Bertz CT molecular complexity index is 798. The number of benzene rings is 2. The van der Waals surface area contributed by atoms with Crippen molar-refractivity contribution in [1.82, 2.24) is 5.32 Å². The SMILES string of the molecule is CCc1cccc(C(=O)NC(C)=Nc2cc(OC)c(OC)cc2C)c1. The lowest BCUT2D eigenvalue weighted by Crippen LogP contribution is -2.28. The molecule has 2 aromatic carbocycles. The molecule has 25 heavy (non-hydrogen) atoms. The molecule has 132 valence electrons. The number of hydrogen-bond acceptors (Lipinski definition) is 4. The minimum atomic E-state index is -0.172. The maximum Gasteiger partial charge on any atom is 0.256 e. The minimum absolute atomic E-state index is 0.172. The second-order valence-electron chi connectivity index (χ2n) is 5.70. The number of amidine groups is 1. The van der Waals surface area contributed by atoms with Crippen molar-refractivity contribution in [2.75, 3.05) is 14.2 Å². The molecule has 0 saturated carbocycles. The number of ether oxygens (including phenoxy) is 2. The van der Waals surface area contributed by atoms with Crippen LogP contribution in [0.1, 0.15) is 35.3 Å². The lowest BCUT2D eigenvalue weighted by Gasteiger charge is -2.11. The predicted molar refractivity (Wildman–Crippen MR) is 100 cm³/mol. The summed E-state index contributed by atoms with van der Waals surface area (Å²) >= 11 is 0. The summed E-state index contributed by atoms with van der Waals surface area (Å²) < 4.78 is 10.6. The van der Waals surface area contributed by atoms with E-state index in [4.69, 9.17) is 9.47 Å². The van der Waals surface area contributed by atoms with Gasteiger partial charge in [-0.05, 0) is 49.6 Å². The Labute approximate surface area is 148 Å². The van der Waals surface area contributed by atoms with Gasteiger partial charge in [0.2, 0.25) is 0 Å². The average molecular weight is 340 g/mol. The summed E-state index contributed by atoms with van der Waals surface area (Å²) in [4.78, 5) is 16.9. The highest BCUT2D eigenvalue weighted by atomic mass is 16.5. The van der Waals surface area contributed by atoms with Crippen molar-refractivity contribution >= 4 is 17.4 Å². The molecule has 0 saturated heterocycles. The summed E-state index contributed by atoms with van der Waals surface area (Å²) in [7, 11) is 3.17. The van der Waals surface area contributed by atoms with Crippen LogP contribution in [0.3, 0.4) is 0 Å². The van der Waals surface area contributed by atoms with Gasteiger partial charge in [0.1, 0.15) is 5.84 Å². The van der Waals surface area contributed by atoms with Crippen molar-refractivity contribution < 1.29 is 14.3 Å². The molecule has 0 bridgehead atoms. The summed E-state index contributed by atoms with van der Waals surface area (Å²) in [6.45, 7) is 5.75. The van der Waals surface area contributed by atoms with E-state index in [1.165, 1.54) is 0 Å². The third kappa shape index (κ3) is 4.59. The Morgan fingerprint density at radius 3 is 2.44 bits per heavy atom. The summed E-state index contributed by atoms with van der Waals surface area (Å²) in [5, 5.41) is 2.83. The summed E-state index contributed by atoms with van der Waals surface area (Å²) in [6.07, 6.45) is 0.888. The van der Waals surface area contributed by atoms with E-state index in [-0.39, 0.29) is 5.91 Å². The van der Waals surface area contributed by atoms with Gasteiger partial charge in [0, 0.05) is 11.6 Å². The molecule has 0 aliphatic rings. The number of carbonyl (C=O) groups is 1. The van der Waals surface area contributed by atoms with Crippen LogP contribution in [0.25, 0.3) is 0 Å². The zero-order valence-electron chi connectivity index (χ0n) is 15.3. The summed E-state index contributed by atoms with van der Waals surface area (Å²) in [5.74, 6) is 1.59. The molecule has 2 aromatic rings. The van der Waals surface area contributed by atoms with Crippen molar-refractivity contribution in [3.63, 3.8) is 0 Å². The van der Waals surface area contributed by atoms with E-state index < -0.39 is 0 Å². The second kappa shape index (κ2) is 8.33. The smallest absolute Gasteiger partial charge is 0.256 e. The van der Waals surface area contributed by atoms with Gasteiger partial charge in [0.05, 0.1) is 19.9 Å². The first-order chi connectivity index (χ1) is 12.0. The molecule has 0 aromatic heterocycles. The van der Waals surface area contributed by atoms with Gasteiger partial charge in [-0.3, -0.25) is 4.79 Å². The molecule has 5 heteroatoms. The van der Waals surface area contributed by atoms with Gasteiger partial charge in [-0.15, -0.1) is 0 Å². The highest BCUT2D eigenvalue weighted by Gasteiger charge is 2.10. The van der Waals surface area contributed by atoms with Crippen LogP contribution >= 0.6 is 0 Å². The fourth-order valence-electron chi connectivity index (χ4n) is 2.47. The van der Waals surface area contributed by atoms with Gasteiger partial charge in [-0.2, -0.15) is 0 Å². The molecule has 2 rings (SSSR count). The monoisotopic (exact) mass is 340 g/mol. The van der Waals surface area contributed by atoms with E-state index in [0.29, 0.717) is 22.9 Å². The lowest BCUT2D eigenvalue weighted by molar-refractivity contribution is 0.0977. The minimum Gasteiger partial charge on any atom is -0.493 e. The Kier molecular flexibility index (Phi) is 6.17. The lowest BCUT2D eigenvalue weighted by atomic mass is 10.1. The molecule has 0 radical (unpaired) electrons. The molecule has 5 nitrogen and oxygen atoms in total. The van der Waals surface area contributed by atoms with Gasteiger partial charge < -0.3 is 14.8 Å². The molecule has 0 aliphatic carbocycles. The number of nitrogens with one attached hydrogen (secondary N) is 1. The molecular formula is C20H24N2O3. The standard InChI is InChI=1S/C20H24N2O3/c1-6-15-8-7-9-16(11-15)20(23)22-14(3)21-17-12-19(25-5)18(24-4)10-13(17)2/h7-12H,6H2,1-5H3,(H,21,22,23). The van der Waals surface area contributed by atoms with Gasteiger partial charge in [-0.25, -0.2) is 4.99 Å². The molecule has 0 fully saturated rings. The number of amides is 1. The van der Waals surface area contributed by atoms with Crippen LogP contribution in [0, 0.1) is 6.92 Å². The Morgan fingerprint density at radius 2 is 1.80 bits per heavy atom. The van der Waals surface area contributed by atoms with Crippen molar-refractivity contribution in [2.24, 2.45) is 4.99 Å². The molecule has 0 unspecified atom stereocenters. The molecular weight excluding hydrogens is 316 g/mol. The molecule has 0 aliphatic heterocycles. The highest BCUT2D eigenvalue weighted by molar-refractivity contribution is 6.06. The number of carbonyl (C=O) groups excluding carboxylic acids is 1. The van der Waals surface area contributed by atoms with Crippen LogP contribution in [0.2, 0.25) is 0 Å². The van der Waals surface area contributed by atoms with E-state index in [1.54, 1.807) is 33.3 Å². The number of aliphatic imine (C=N–C) groups is 1. The van der Waals surface area contributed by atoms with E-state index in [1.807, 2.05) is 31.2 Å². The third-order valence-electron chi connectivity index (χ3n) is 3.88. The van der Waals surface area contributed by atoms with Gasteiger partial charge in [-0.1, -0.05) is 19.1 Å². The molecule has 0 heterocycles. The van der Waals surface area contributed by atoms with Crippen molar-refractivity contribution in [3.05, 3.63) is 53.1 Å². The topological polar surface area (TPSA) is 59.9 Å². The van der Waals surface area contributed by atoms with Crippen LogP contribution in [0.4, 0.5) is 5.69 Å². The predicted octanol–water partition coefficient (Wildman–Crippen LogP) is 4.05. The highest BCUT2D eigenvalue weighted by Crippen LogP contribution is 2.34. The van der Waals surface area contributed by atoms with Crippen LogP contribution < -0.4 is 14.8 Å². The first-order valence-electron chi connectivity index (χ1n) is 8.16. The third-order valence-corrected chi connectivity index (χ3v) is 3.88. The normalized spacial score (nSPS) is 11.2. The number of rotatable bonds is 5. The fraction of sp³-hybridized carbons (Fsp3) is 0.300. The fourth-order valence-corrected chi connectivity index (χ4v) is 2.47. The van der Waals surface area contributed by atoms with Gasteiger partial charge in [0.25, 0.3) is 5.91 Å². The van der Waals surface area contributed by atoms with Gasteiger partial charge >= 0.3 is 0 Å². The van der Waals surface area contributed by atoms with Crippen molar-refractivity contribution in [2.45, 2.75) is 27.2 Å². The van der Waals surface area contributed by atoms with E-state index in [0.717, 1.165) is 23.2 Å². The van der Waals surface area contributed by atoms with Crippen LogP contribution in [0.15, 0.2) is 41.4 Å². The Balaban J connectivity index is 2.22. The Morgan fingerprint density at radius 1 is 1.12 bits per heavy atom. The molecule has 0 atom stereocenters. The number of nitrogens with zero attached hydrogens (tertiary/aromatic N) is 1. The number of aryl methyl sites for hydroxylation is 2. The molecule has 0 spiro atoms. The van der Waals surface area contributed by atoms with Crippen LogP contribution in [0.5, 0.6) is 11.5 Å². The Hall–Kier alpha value is -2.82. The summed E-state index contributed by atoms with van der Waals surface area (Å²) in [6, 6.07) is 11.2. The zero-order chi connectivity index (χ0) is 18.4. The molecule has 1 N–H and O–H groups in total. The van der Waals surface area contributed by atoms with E-state index in [9.17, 15) is 4.79 Å². The van der Waals surface area contributed by atoms with Crippen molar-refractivity contribution in [1.29, 1.82) is 0 Å². The number of methoxy groups -OCH3 is 2. The first kappa shape index (κ1) is 18.5. The van der Waals surface area contributed by atoms with E-state index >= 15 is 0 Å².